The highest BCUT2D eigenvalue weighted by molar-refractivity contribution is 6.21. The lowest BCUT2D eigenvalue weighted by molar-refractivity contribution is 0.0652. The van der Waals surface area contributed by atoms with Gasteiger partial charge in [-0.05, 0) is 38.3 Å². The largest absolute Gasteiger partial charge is 0.357 e. The highest BCUT2D eigenvalue weighted by atomic mass is 16.2. The lowest BCUT2D eigenvalue weighted by Crippen LogP contribution is -2.42. The molecule has 4 rings (SSSR count). The molecule has 3 aliphatic rings. The Morgan fingerprint density at radius 3 is 2.47 bits per heavy atom. The zero-order chi connectivity index (χ0) is 20.9. The van der Waals surface area contributed by atoms with Crippen molar-refractivity contribution in [2.75, 3.05) is 45.8 Å². The number of aliphatic imine (C=N–C) groups is 1. The van der Waals surface area contributed by atoms with E-state index in [1.165, 1.54) is 11.3 Å². The van der Waals surface area contributed by atoms with Crippen LogP contribution in [0, 0.1) is 0 Å². The molecule has 160 valence electrons. The number of nitrogens with zero attached hydrogens (tertiary/aromatic N) is 4. The van der Waals surface area contributed by atoms with Crippen LogP contribution >= 0.6 is 0 Å². The van der Waals surface area contributed by atoms with Crippen molar-refractivity contribution in [1.82, 2.24) is 20.0 Å². The fourth-order valence-electron chi connectivity index (χ4n) is 4.46. The molecule has 1 N–H and O–H groups in total. The molecule has 0 spiro atoms. The second kappa shape index (κ2) is 9.43. The summed E-state index contributed by atoms with van der Waals surface area (Å²) >= 11 is 0. The quantitative estimate of drug-likeness (QED) is 0.245. The van der Waals surface area contributed by atoms with Gasteiger partial charge in [-0.25, -0.2) is 0 Å². The van der Waals surface area contributed by atoms with Crippen LogP contribution in [0.5, 0.6) is 0 Å². The molecule has 30 heavy (non-hydrogen) atoms. The molecule has 1 atom stereocenters. The fraction of sp³-hybridized carbons (Fsp3) is 0.522. The summed E-state index contributed by atoms with van der Waals surface area (Å²) in [6, 6.07) is 7.65. The third kappa shape index (κ3) is 4.26. The molecule has 2 amide bonds. The average Bonchev–Trinajstić information content (AvgIpc) is 3.50. The molecular weight excluding hydrogens is 378 g/mol. The van der Waals surface area contributed by atoms with Crippen LogP contribution < -0.4 is 5.32 Å². The van der Waals surface area contributed by atoms with E-state index >= 15 is 0 Å². The van der Waals surface area contributed by atoms with Gasteiger partial charge < -0.3 is 10.2 Å². The third-order valence-corrected chi connectivity index (χ3v) is 6.09. The van der Waals surface area contributed by atoms with Crippen LogP contribution in [0.2, 0.25) is 0 Å². The number of fused-ring (bicyclic) bond motifs is 1. The van der Waals surface area contributed by atoms with Gasteiger partial charge in [0.15, 0.2) is 5.96 Å². The van der Waals surface area contributed by atoms with Gasteiger partial charge in [0, 0.05) is 51.9 Å². The van der Waals surface area contributed by atoms with E-state index in [0.717, 1.165) is 51.5 Å². The number of amides is 2. The van der Waals surface area contributed by atoms with Gasteiger partial charge in [-0.2, -0.15) is 0 Å². The van der Waals surface area contributed by atoms with E-state index in [0.29, 0.717) is 30.3 Å². The Balaban J connectivity index is 1.25. The standard InChI is InChI=1S/C23H31N5O2/c1-2-24-23(27-16-11-18(17-27)26-13-7-8-14-26)25-12-5-6-15-28-21(29)19-9-3-4-10-20(19)22(28)30/h3-4,7-10,18H,2,5-6,11-17H2,1H3,(H,24,25). The summed E-state index contributed by atoms with van der Waals surface area (Å²) in [6.07, 6.45) is 7.27. The van der Waals surface area contributed by atoms with Crippen LogP contribution in [0.25, 0.3) is 0 Å². The number of guanidine groups is 1. The SMILES string of the molecule is CCNC(=NCCCCN1C(=O)c2ccccc2C1=O)N1CCC(N2CC=CC2)C1. The van der Waals surface area contributed by atoms with E-state index in [9.17, 15) is 9.59 Å². The first kappa shape index (κ1) is 20.6. The van der Waals surface area contributed by atoms with Crippen molar-refractivity contribution in [3.05, 3.63) is 47.5 Å². The molecule has 1 saturated heterocycles. The van der Waals surface area contributed by atoms with E-state index in [2.05, 4.69) is 34.2 Å². The maximum absolute atomic E-state index is 12.4. The average molecular weight is 410 g/mol. The molecule has 7 heteroatoms. The van der Waals surface area contributed by atoms with Crippen molar-refractivity contribution < 1.29 is 9.59 Å². The minimum Gasteiger partial charge on any atom is -0.357 e. The van der Waals surface area contributed by atoms with Crippen LogP contribution in [0.3, 0.4) is 0 Å². The number of hydrogen-bond acceptors (Lipinski definition) is 4. The molecule has 3 aliphatic heterocycles. The molecule has 0 saturated carbocycles. The second-order valence-electron chi connectivity index (χ2n) is 8.06. The van der Waals surface area contributed by atoms with Gasteiger partial charge in [-0.15, -0.1) is 0 Å². The Kier molecular flexibility index (Phi) is 6.47. The maximum atomic E-state index is 12.4. The third-order valence-electron chi connectivity index (χ3n) is 6.09. The Labute approximate surface area is 178 Å². The van der Waals surface area contributed by atoms with Crippen molar-refractivity contribution in [3.63, 3.8) is 0 Å². The van der Waals surface area contributed by atoms with Crippen LogP contribution in [0.15, 0.2) is 41.4 Å². The van der Waals surface area contributed by atoms with Gasteiger partial charge in [-0.1, -0.05) is 24.3 Å². The van der Waals surface area contributed by atoms with Crippen molar-refractivity contribution in [2.45, 2.75) is 32.2 Å². The molecule has 1 fully saturated rings. The molecule has 1 unspecified atom stereocenters. The first-order valence-electron chi connectivity index (χ1n) is 11.1. The number of imide groups is 1. The summed E-state index contributed by atoms with van der Waals surface area (Å²) in [4.78, 5) is 35.9. The van der Waals surface area contributed by atoms with E-state index in [1.807, 2.05) is 0 Å². The fourth-order valence-corrected chi connectivity index (χ4v) is 4.46. The Hall–Kier alpha value is -2.67. The predicted octanol–water partition coefficient (Wildman–Crippen LogP) is 1.97. The highest BCUT2D eigenvalue weighted by Gasteiger charge is 2.34. The number of rotatable bonds is 7. The van der Waals surface area contributed by atoms with Gasteiger partial charge in [0.2, 0.25) is 0 Å². The molecule has 0 aromatic heterocycles. The molecule has 1 aromatic carbocycles. The number of hydrogen-bond donors (Lipinski definition) is 1. The number of likely N-dealkylation sites (tertiary alicyclic amines) is 1. The van der Waals surface area contributed by atoms with E-state index in [1.54, 1.807) is 24.3 Å². The molecule has 0 aliphatic carbocycles. The molecule has 1 aromatic rings. The maximum Gasteiger partial charge on any atom is 0.261 e. The van der Waals surface area contributed by atoms with E-state index in [4.69, 9.17) is 4.99 Å². The Morgan fingerprint density at radius 1 is 1.10 bits per heavy atom. The summed E-state index contributed by atoms with van der Waals surface area (Å²) in [6.45, 7) is 8.25. The molecule has 0 bridgehead atoms. The smallest absolute Gasteiger partial charge is 0.261 e. The molecule has 0 radical (unpaired) electrons. The van der Waals surface area contributed by atoms with Gasteiger partial charge >= 0.3 is 0 Å². The van der Waals surface area contributed by atoms with E-state index < -0.39 is 0 Å². The van der Waals surface area contributed by atoms with E-state index in [-0.39, 0.29) is 11.8 Å². The first-order valence-corrected chi connectivity index (χ1v) is 11.1. The summed E-state index contributed by atoms with van der Waals surface area (Å²) in [5, 5.41) is 3.42. The number of carbonyl (C=O) groups excluding carboxylic acids is 2. The van der Waals surface area contributed by atoms with Crippen molar-refractivity contribution in [2.24, 2.45) is 4.99 Å². The number of unbranched alkanes of at least 4 members (excludes halogenated alkanes) is 1. The lowest BCUT2D eigenvalue weighted by atomic mass is 10.1. The zero-order valence-electron chi connectivity index (χ0n) is 17.7. The minimum absolute atomic E-state index is 0.174. The van der Waals surface area contributed by atoms with Crippen LogP contribution in [0.1, 0.15) is 46.9 Å². The monoisotopic (exact) mass is 409 g/mol. The zero-order valence-corrected chi connectivity index (χ0v) is 17.7. The minimum atomic E-state index is -0.174. The number of nitrogens with one attached hydrogen (secondary N) is 1. The Bertz CT molecular complexity index is 807. The van der Waals surface area contributed by atoms with Gasteiger partial charge in [0.25, 0.3) is 11.8 Å². The summed E-state index contributed by atoms with van der Waals surface area (Å²) in [7, 11) is 0. The van der Waals surface area contributed by atoms with Crippen molar-refractivity contribution in [3.8, 4) is 0 Å². The number of carbonyl (C=O) groups is 2. The first-order chi connectivity index (χ1) is 14.7. The normalized spacial score (nSPS) is 21.8. The highest BCUT2D eigenvalue weighted by Crippen LogP contribution is 2.22. The molecule has 7 nitrogen and oxygen atoms in total. The number of benzene rings is 1. The summed E-state index contributed by atoms with van der Waals surface area (Å²) in [5.41, 5.74) is 1.04. The predicted molar refractivity (Wildman–Crippen MR) is 118 cm³/mol. The summed E-state index contributed by atoms with van der Waals surface area (Å²) < 4.78 is 0. The molecule has 3 heterocycles. The van der Waals surface area contributed by atoms with Crippen LogP contribution in [-0.4, -0.2) is 84.3 Å². The Morgan fingerprint density at radius 2 is 1.80 bits per heavy atom. The topological polar surface area (TPSA) is 68.2 Å². The lowest BCUT2D eigenvalue weighted by Gasteiger charge is -2.25. The van der Waals surface area contributed by atoms with Gasteiger partial charge in [0.1, 0.15) is 0 Å². The van der Waals surface area contributed by atoms with Crippen molar-refractivity contribution >= 4 is 17.8 Å². The summed E-state index contributed by atoms with van der Waals surface area (Å²) in [5.74, 6) is 0.631. The van der Waals surface area contributed by atoms with Gasteiger partial charge in [-0.3, -0.25) is 24.4 Å². The van der Waals surface area contributed by atoms with Gasteiger partial charge in [0.05, 0.1) is 11.1 Å². The van der Waals surface area contributed by atoms with Crippen LogP contribution in [0.4, 0.5) is 0 Å². The van der Waals surface area contributed by atoms with Crippen LogP contribution in [-0.2, 0) is 0 Å². The molecular formula is C23H31N5O2. The van der Waals surface area contributed by atoms with Crippen molar-refractivity contribution in [1.29, 1.82) is 0 Å². The second-order valence-corrected chi connectivity index (χ2v) is 8.06.